The largest absolute Gasteiger partial charge is 0.490 e. The molecule has 0 aliphatic rings. The highest BCUT2D eigenvalue weighted by Crippen LogP contribution is 2.29. The Balaban J connectivity index is 2.13. The molecule has 0 aromatic heterocycles. The first-order valence-corrected chi connectivity index (χ1v) is 8.65. The quantitative estimate of drug-likeness (QED) is 0.564. The number of amides is 1. The average molecular weight is 369 g/mol. The lowest BCUT2D eigenvalue weighted by Crippen LogP contribution is -2.12. The topological polar surface area (TPSA) is 73.9 Å². The van der Waals surface area contributed by atoms with E-state index in [1.807, 2.05) is 19.9 Å². The van der Waals surface area contributed by atoms with Crippen LogP contribution in [0.3, 0.4) is 0 Å². The van der Waals surface area contributed by atoms with Crippen LogP contribution < -0.4 is 14.8 Å². The van der Waals surface area contributed by atoms with Crippen LogP contribution in [-0.2, 0) is 9.53 Å². The van der Waals surface area contributed by atoms with E-state index >= 15 is 0 Å². The fourth-order valence-electron chi connectivity index (χ4n) is 2.40. The van der Waals surface area contributed by atoms with Crippen LogP contribution >= 0.6 is 0 Å². The molecule has 0 bridgehead atoms. The van der Waals surface area contributed by atoms with Gasteiger partial charge in [-0.3, -0.25) is 4.79 Å². The molecular weight excluding hydrogens is 346 g/mol. The lowest BCUT2D eigenvalue weighted by atomic mass is 10.1. The van der Waals surface area contributed by atoms with Gasteiger partial charge in [-0.25, -0.2) is 4.79 Å². The molecule has 0 spiro atoms. The van der Waals surface area contributed by atoms with E-state index in [4.69, 9.17) is 14.2 Å². The van der Waals surface area contributed by atoms with Crippen molar-refractivity contribution in [2.75, 3.05) is 25.6 Å². The molecule has 0 aliphatic heterocycles. The molecule has 2 aromatic rings. The molecule has 6 heteroatoms. The molecule has 1 N–H and O–H groups in total. The summed E-state index contributed by atoms with van der Waals surface area (Å²) in [6.07, 6.45) is 3.05. The van der Waals surface area contributed by atoms with Crippen molar-refractivity contribution in [2.24, 2.45) is 0 Å². The zero-order valence-electron chi connectivity index (χ0n) is 15.7. The molecule has 0 heterocycles. The van der Waals surface area contributed by atoms with Crippen LogP contribution in [-0.4, -0.2) is 32.2 Å². The maximum atomic E-state index is 12.2. The number of benzene rings is 2. The van der Waals surface area contributed by atoms with Gasteiger partial charge in [-0.2, -0.15) is 0 Å². The van der Waals surface area contributed by atoms with E-state index in [0.717, 1.165) is 5.56 Å². The minimum atomic E-state index is -0.511. The highest BCUT2D eigenvalue weighted by Gasteiger charge is 2.12. The Labute approximate surface area is 158 Å². The lowest BCUT2D eigenvalue weighted by Gasteiger charge is -2.11. The number of para-hydroxylation sites is 1. The molecule has 2 aromatic carbocycles. The van der Waals surface area contributed by atoms with Crippen LogP contribution in [0.2, 0.25) is 0 Å². The van der Waals surface area contributed by atoms with Gasteiger partial charge in [-0.15, -0.1) is 0 Å². The monoisotopic (exact) mass is 369 g/mol. The van der Waals surface area contributed by atoms with Gasteiger partial charge < -0.3 is 19.5 Å². The number of anilines is 1. The molecule has 1 amide bonds. The van der Waals surface area contributed by atoms with Gasteiger partial charge in [-0.05, 0) is 49.8 Å². The van der Waals surface area contributed by atoms with Gasteiger partial charge in [0.2, 0.25) is 5.91 Å². The van der Waals surface area contributed by atoms with Crippen LogP contribution in [0.1, 0.15) is 29.8 Å². The first-order chi connectivity index (χ1) is 13.1. The van der Waals surface area contributed by atoms with Gasteiger partial charge in [0.1, 0.15) is 0 Å². The van der Waals surface area contributed by atoms with Gasteiger partial charge in [0.05, 0.1) is 31.6 Å². The maximum Gasteiger partial charge on any atom is 0.339 e. The summed E-state index contributed by atoms with van der Waals surface area (Å²) < 4.78 is 15.8. The van der Waals surface area contributed by atoms with Crippen molar-refractivity contribution >= 4 is 23.6 Å². The molecule has 142 valence electrons. The summed E-state index contributed by atoms with van der Waals surface area (Å²) in [6.45, 7) is 4.85. The van der Waals surface area contributed by atoms with E-state index in [1.165, 1.54) is 13.2 Å². The fraction of sp³-hybridized carbons (Fsp3) is 0.238. The summed E-state index contributed by atoms with van der Waals surface area (Å²) in [5, 5.41) is 2.68. The van der Waals surface area contributed by atoms with E-state index < -0.39 is 5.97 Å². The summed E-state index contributed by atoms with van der Waals surface area (Å²) in [4.78, 5) is 24.0. The number of hydrogen-bond donors (Lipinski definition) is 1. The Morgan fingerprint density at radius 3 is 2.41 bits per heavy atom. The number of carbonyl (C=O) groups is 2. The zero-order valence-corrected chi connectivity index (χ0v) is 15.7. The number of methoxy groups -OCH3 is 1. The smallest absolute Gasteiger partial charge is 0.339 e. The number of nitrogens with one attached hydrogen (secondary N) is 1. The Morgan fingerprint density at radius 1 is 1.00 bits per heavy atom. The molecule has 0 aliphatic carbocycles. The standard InChI is InChI=1S/C21H23NO5/c1-4-26-18-12-10-15(14-19(18)27-5-2)11-13-20(23)22-17-9-7-6-8-16(17)21(24)25-3/h6-14H,4-5H2,1-3H3,(H,22,23). The third-order valence-electron chi connectivity index (χ3n) is 3.58. The number of rotatable bonds is 8. The number of ether oxygens (including phenoxy) is 3. The molecule has 27 heavy (non-hydrogen) atoms. The van der Waals surface area contributed by atoms with Gasteiger partial charge in [0, 0.05) is 6.08 Å². The van der Waals surface area contributed by atoms with Crippen molar-refractivity contribution in [3.8, 4) is 11.5 Å². The number of carbonyl (C=O) groups excluding carboxylic acids is 2. The van der Waals surface area contributed by atoms with E-state index in [0.29, 0.717) is 36.0 Å². The third-order valence-corrected chi connectivity index (χ3v) is 3.58. The molecule has 0 fully saturated rings. The van der Waals surface area contributed by atoms with Crippen molar-refractivity contribution in [3.05, 3.63) is 59.7 Å². The molecule has 6 nitrogen and oxygen atoms in total. The molecule has 2 rings (SSSR count). The van der Waals surface area contributed by atoms with Gasteiger partial charge in [-0.1, -0.05) is 18.2 Å². The van der Waals surface area contributed by atoms with Crippen LogP contribution in [0.4, 0.5) is 5.69 Å². The Bertz CT molecular complexity index is 829. The Hall–Kier alpha value is -3.28. The summed E-state index contributed by atoms with van der Waals surface area (Å²) >= 11 is 0. The van der Waals surface area contributed by atoms with Gasteiger partial charge >= 0.3 is 5.97 Å². The molecule has 0 radical (unpaired) electrons. The number of hydrogen-bond acceptors (Lipinski definition) is 5. The predicted molar refractivity (Wildman–Crippen MR) is 104 cm³/mol. The summed E-state index contributed by atoms with van der Waals surface area (Å²) in [7, 11) is 1.29. The molecule has 0 saturated heterocycles. The minimum Gasteiger partial charge on any atom is -0.490 e. The lowest BCUT2D eigenvalue weighted by molar-refractivity contribution is -0.111. The zero-order chi connectivity index (χ0) is 19.6. The highest BCUT2D eigenvalue weighted by molar-refractivity contribution is 6.06. The van der Waals surface area contributed by atoms with Gasteiger partial charge in [0.25, 0.3) is 0 Å². The molecule has 0 atom stereocenters. The van der Waals surface area contributed by atoms with Crippen molar-refractivity contribution in [1.82, 2.24) is 0 Å². The van der Waals surface area contributed by atoms with Crippen LogP contribution in [0.25, 0.3) is 6.08 Å². The highest BCUT2D eigenvalue weighted by atomic mass is 16.5. The maximum absolute atomic E-state index is 12.2. The normalized spacial score (nSPS) is 10.5. The van der Waals surface area contributed by atoms with Crippen LogP contribution in [0.15, 0.2) is 48.5 Å². The second-order valence-corrected chi connectivity index (χ2v) is 5.43. The van der Waals surface area contributed by atoms with E-state index in [1.54, 1.807) is 42.5 Å². The number of esters is 1. The SMILES string of the molecule is CCOc1ccc(C=CC(=O)Nc2ccccc2C(=O)OC)cc1OCC. The van der Waals surface area contributed by atoms with Gasteiger partial charge in [0.15, 0.2) is 11.5 Å². The Morgan fingerprint density at radius 2 is 1.70 bits per heavy atom. The van der Waals surface area contributed by atoms with Crippen molar-refractivity contribution in [2.45, 2.75) is 13.8 Å². The van der Waals surface area contributed by atoms with E-state index in [2.05, 4.69) is 5.32 Å². The first kappa shape index (κ1) is 20.0. The second kappa shape index (κ2) is 10.0. The van der Waals surface area contributed by atoms with E-state index in [9.17, 15) is 9.59 Å². The summed E-state index contributed by atoms with van der Waals surface area (Å²) in [5.74, 6) is 0.409. The van der Waals surface area contributed by atoms with Crippen LogP contribution in [0.5, 0.6) is 11.5 Å². The second-order valence-electron chi connectivity index (χ2n) is 5.43. The molecule has 0 saturated carbocycles. The minimum absolute atomic E-state index is 0.293. The van der Waals surface area contributed by atoms with Crippen molar-refractivity contribution in [1.29, 1.82) is 0 Å². The average Bonchev–Trinajstić information content (AvgIpc) is 2.68. The Kier molecular flexibility index (Phi) is 7.43. The van der Waals surface area contributed by atoms with Crippen LogP contribution in [0, 0.1) is 0 Å². The first-order valence-electron chi connectivity index (χ1n) is 8.65. The van der Waals surface area contributed by atoms with Crippen molar-refractivity contribution in [3.63, 3.8) is 0 Å². The molecular formula is C21H23NO5. The third kappa shape index (κ3) is 5.60. The summed E-state index contributed by atoms with van der Waals surface area (Å²) in [5.41, 5.74) is 1.47. The van der Waals surface area contributed by atoms with E-state index in [-0.39, 0.29) is 5.91 Å². The predicted octanol–water partition coefficient (Wildman–Crippen LogP) is 3.92. The molecule has 0 unspecified atom stereocenters. The fourth-order valence-corrected chi connectivity index (χ4v) is 2.40. The summed E-state index contributed by atoms with van der Waals surface area (Å²) in [6, 6.07) is 12.1. The van der Waals surface area contributed by atoms with Crippen molar-refractivity contribution < 1.29 is 23.8 Å².